The highest BCUT2D eigenvalue weighted by Gasteiger charge is 2.21. The van der Waals surface area contributed by atoms with Crippen molar-refractivity contribution < 1.29 is 14.6 Å². The zero-order valence-electron chi connectivity index (χ0n) is 13.6. The number of likely N-dealkylation sites (tertiary alicyclic amines) is 1. The van der Waals surface area contributed by atoms with Crippen LogP contribution in [-0.4, -0.2) is 61.4 Å². The van der Waals surface area contributed by atoms with Crippen molar-refractivity contribution in [1.82, 2.24) is 10.2 Å². The minimum Gasteiger partial charge on any atom is -0.389 e. The maximum absolute atomic E-state index is 12.0. The number of β-amino-alcohol motifs (C(OH)–C–C–N with tert-alkyl or cyclic N) is 1. The predicted molar refractivity (Wildman–Crippen MR) is 91.0 cm³/mol. The van der Waals surface area contributed by atoms with E-state index in [1.165, 1.54) is 0 Å². The van der Waals surface area contributed by atoms with Gasteiger partial charge in [0.25, 0.3) is 0 Å². The Hall–Kier alpha value is -1.69. The number of nitrogens with zero attached hydrogens (tertiary/aromatic N) is 1. The summed E-state index contributed by atoms with van der Waals surface area (Å²) in [5.41, 5.74) is 1.02. The normalized spacial score (nSPS) is 18.2. The van der Waals surface area contributed by atoms with Gasteiger partial charge in [0.2, 0.25) is 5.91 Å². The maximum atomic E-state index is 12.0. The van der Waals surface area contributed by atoms with Gasteiger partial charge in [0.1, 0.15) is 0 Å². The van der Waals surface area contributed by atoms with Gasteiger partial charge in [-0.05, 0) is 24.5 Å². The lowest BCUT2D eigenvalue weighted by atomic mass is 10.0. The summed E-state index contributed by atoms with van der Waals surface area (Å²) in [4.78, 5) is 14.2. The highest BCUT2D eigenvalue weighted by atomic mass is 16.5. The van der Waals surface area contributed by atoms with Gasteiger partial charge in [-0.2, -0.15) is 0 Å². The van der Waals surface area contributed by atoms with Gasteiger partial charge >= 0.3 is 0 Å². The summed E-state index contributed by atoms with van der Waals surface area (Å²) in [6.07, 6.45) is 4.78. The number of aliphatic hydroxyl groups excluding tert-OH is 1. The molecule has 1 saturated heterocycles. The Morgan fingerprint density at radius 1 is 1.39 bits per heavy atom. The Bertz CT molecular complexity index is 496. The highest BCUT2D eigenvalue weighted by Crippen LogP contribution is 2.11. The molecule has 2 rings (SSSR count). The molecule has 5 nitrogen and oxygen atoms in total. The lowest BCUT2D eigenvalue weighted by molar-refractivity contribution is -0.117. The third kappa shape index (κ3) is 6.52. The lowest BCUT2D eigenvalue weighted by Crippen LogP contribution is -2.46. The summed E-state index contributed by atoms with van der Waals surface area (Å²) in [5, 5.41) is 12.8. The third-order valence-corrected chi connectivity index (χ3v) is 3.99. The van der Waals surface area contributed by atoms with Crippen molar-refractivity contribution in [2.75, 3.05) is 33.4 Å². The number of hydrogen-bond donors (Lipinski definition) is 2. The molecule has 0 radical (unpaired) electrons. The molecule has 2 N–H and O–H groups in total. The van der Waals surface area contributed by atoms with E-state index >= 15 is 0 Å². The number of benzene rings is 1. The molecular formula is C18H26N2O3. The van der Waals surface area contributed by atoms with E-state index in [9.17, 15) is 9.90 Å². The first-order chi connectivity index (χ1) is 11.2. The number of rotatable bonds is 7. The fraction of sp³-hybridized carbons (Fsp3) is 0.500. The van der Waals surface area contributed by atoms with Gasteiger partial charge in [-0.25, -0.2) is 0 Å². The lowest BCUT2D eigenvalue weighted by Gasteiger charge is -2.33. The van der Waals surface area contributed by atoms with Crippen molar-refractivity contribution in [1.29, 1.82) is 0 Å². The van der Waals surface area contributed by atoms with Gasteiger partial charge < -0.3 is 20.1 Å². The van der Waals surface area contributed by atoms with E-state index in [2.05, 4.69) is 10.2 Å². The molecule has 5 heteroatoms. The molecular weight excluding hydrogens is 292 g/mol. The van der Waals surface area contributed by atoms with Gasteiger partial charge in [-0.1, -0.05) is 30.3 Å². The van der Waals surface area contributed by atoms with Crippen LogP contribution in [-0.2, 0) is 9.53 Å². The first-order valence-electron chi connectivity index (χ1n) is 8.10. The predicted octanol–water partition coefficient (Wildman–Crippen LogP) is 1.29. The van der Waals surface area contributed by atoms with Crippen LogP contribution in [0, 0.1) is 0 Å². The van der Waals surface area contributed by atoms with Crippen LogP contribution in [0.4, 0.5) is 0 Å². The van der Waals surface area contributed by atoms with E-state index in [1.54, 1.807) is 13.2 Å². The van der Waals surface area contributed by atoms with Crippen molar-refractivity contribution in [2.24, 2.45) is 0 Å². The van der Waals surface area contributed by atoms with E-state index < -0.39 is 6.10 Å². The first-order valence-corrected chi connectivity index (χ1v) is 8.10. The number of carbonyl (C=O) groups is 1. The minimum atomic E-state index is -0.444. The average Bonchev–Trinajstić information content (AvgIpc) is 2.56. The second-order valence-corrected chi connectivity index (χ2v) is 5.94. The molecule has 0 saturated carbocycles. The Morgan fingerprint density at radius 2 is 2.09 bits per heavy atom. The molecule has 0 bridgehead atoms. The number of ether oxygens (including phenoxy) is 1. The van der Waals surface area contributed by atoms with Crippen LogP contribution in [0.25, 0.3) is 6.08 Å². The van der Waals surface area contributed by atoms with E-state index in [4.69, 9.17) is 4.74 Å². The number of piperidine rings is 1. The largest absolute Gasteiger partial charge is 0.389 e. The average molecular weight is 318 g/mol. The molecule has 126 valence electrons. The van der Waals surface area contributed by atoms with Crippen LogP contribution in [0.15, 0.2) is 36.4 Å². The first kappa shape index (κ1) is 17.7. The Kier molecular flexibility index (Phi) is 7.26. The second kappa shape index (κ2) is 9.45. The number of carbonyl (C=O) groups excluding carboxylic acids is 1. The summed E-state index contributed by atoms with van der Waals surface area (Å²) in [6.45, 7) is 2.76. The van der Waals surface area contributed by atoms with Gasteiger partial charge in [0, 0.05) is 38.9 Å². The summed E-state index contributed by atoms with van der Waals surface area (Å²) >= 11 is 0. The van der Waals surface area contributed by atoms with Crippen molar-refractivity contribution in [2.45, 2.75) is 25.0 Å². The van der Waals surface area contributed by atoms with Crippen LogP contribution < -0.4 is 5.32 Å². The molecule has 0 spiro atoms. The molecule has 1 atom stereocenters. The minimum absolute atomic E-state index is 0.0493. The number of methoxy groups -OCH3 is 1. The second-order valence-electron chi connectivity index (χ2n) is 5.94. The summed E-state index contributed by atoms with van der Waals surface area (Å²) in [5.74, 6) is -0.0493. The van der Waals surface area contributed by atoms with Crippen molar-refractivity contribution in [3.63, 3.8) is 0 Å². The summed E-state index contributed by atoms with van der Waals surface area (Å²) in [7, 11) is 1.59. The van der Waals surface area contributed by atoms with Crippen molar-refractivity contribution in [3.05, 3.63) is 42.0 Å². The molecule has 0 aromatic heterocycles. The monoisotopic (exact) mass is 318 g/mol. The Labute approximate surface area is 137 Å². The van der Waals surface area contributed by atoms with Crippen molar-refractivity contribution in [3.8, 4) is 0 Å². The van der Waals surface area contributed by atoms with Crippen LogP contribution in [0.2, 0.25) is 0 Å². The molecule has 1 aromatic rings. The van der Waals surface area contributed by atoms with E-state index in [-0.39, 0.29) is 11.9 Å². The van der Waals surface area contributed by atoms with Gasteiger partial charge in [-0.3, -0.25) is 4.79 Å². The maximum Gasteiger partial charge on any atom is 0.244 e. The Morgan fingerprint density at radius 3 is 2.74 bits per heavy atom. The number of hydrogen-bond acceptors (Lipinski definition) is 4. The van der Waals surface area contributed by atoms with Crippen LogP contribution in [0.1, 0.15) is 18.4 Å². The summed E-state index contributed by atoms with van der Waals surface area (Å²) < 4.78 is 4.94. The zero-order valence-corrected chi connectivity index (χ0v) is 13.6. The molecule has 23 heavy (non-hydrogen) atoms. The van der Waals surface area contributed by atoms with Gasteiger partial charge in [-0.15, -0.1) is 0 Å². The van der Waals surface area contributed by atoms with E-state index in [0.29, 0.717) is 13.2 Å². The van der Waals surface area contributed by atoms with Gasteiger partial charge in [0.15, 0.2) is 0 Å². The highest BCUT2D eigenvalue weighted by molar-refractivity contribution is 5.91. The molecule has 1 aliphatic rings. The quantitative estimate of drug-likeness (QED) is 0.744. The van der Waals surface area contributed by atoms with Gasteiger partial charge in [0.05, 0.1) is 12.7 Å². The van der Waals surface area contributed by atoms with E-state index in [0.717, 1.165) is 31.5 Å². The third-order valence-electron chi connectivity index (χ3n) is 3.99. The zero-order chi connectivity index (χ0) is 16.5. The standard InChI is InChI=1S/C18H26N2O3/c1-23-14-17(21)13-20-11-9-16(10-12-20)19-18(22)8-7-15-5-3-2-4-6-15/h2-8,16-17,21H,9-14H2,1H3,(H,19,22)/b8-7+. The van der Waals surface area contributed by atoms with Crippen LogP contribution >= 0.6 is 0 Å². The Balaban J connectivity index is 1.69. The fourth-order valence-corrected chi connectivity index (χ4v) is 2.79. The molecule has 1 unspecified atom stereocenters. The SMILES string of the molecule is COCC(O)CN1CCC(NC(=O)/C=C/c2ccccc2)CC1. The fourth-order valence-electron chi connectivity index (χ4n) is 2.79. The van der Waals surface area contributed by atoms with E-state index in [1.807, 2.05) is 36.4 Å². The molecule has 1 aliphatic heterocycles. The molecule has 0 aliphatic carbocycles. The molecule has 1 heterocycles. The number of amides is 1. The van der Waals surface area contributed by atoms with Crippen molar-refractivity contribution >= 4 is 12.0 Å². The summed E-state index contributed by atoms with van der Waals surface area (Å²) in [6, 6.07) is 9.99. The number of aliphatic hydroxyl groups is 1. The van der Waals surface area contributed by atoms with Crippen LogP contribution in [0.3, 0.4) is 0 Å². The smallest absolute Gasteiger partial charge is 0.244 e. The molecule has 1 amide bonds. The number of nitrogens with one attached hydrogen (secondary N) is 1. The topological polar surface area (TPSA) is 61.8 Å². The van der Waals surface area contributed by atoms with Crippen LogP contribution in [0.5, 0.6) is 0 Å². The molecule has 1 aromatic carbocycles. The molecule has 1 fully saturated rings.